The molecule has 27 heavy (non-hydrogen) atoms. The van der Waals surface area contributed by atoms with Crippen molar-refractivity contribution >= 4 is 15.8 Å². The monoisotopic (exact) mass is 391 g/mol. The summed E-state index contributed by atoms with van der Waals surface area (Å²) in [5.74, 6) is 1.67. The van der Waals surface area contributed by atoms with E-state index in [-0.39, 0.29) is 4.90 Å². The Morgan fingerprint density at radius 3 is 2.78 bits per heavy atom. The third-order valence-electron chi connectivity index (χ3n) is 5.21. The van der Waals surface area contributed by atoms with E-state index in [4.69, 9.17) is 4.52 Å². The molecule has 0 aromatic carbocycles. The second kappa shape index (κ2) is 7.95. The first-order valence-electron chi connectivity index (χ1n) is 9.49. The van der Waals surface area contributed by atoms with E-state index in [2.05, 4.69) is 20.8 Å². The van der Waals surface area contributed by atoms with Crippen LogP contribution in [0.4, 0.5) is 5.82 Å². The van der Waals surface area contributed by atoms with E-state index in [1.54, 1.807) is 12.1 Å². The average Bonchev–Trinajstić information content (AvgIpc) is 3.40. The smallest absolute Gasteiger partial charge is 0.243 e. The SMILES string of the molecule is O=S(=O)(c1ccnc(NCc2cc(C3CCNCC3)no2)c1)N1CCCC1. The van der Waals surface area contributed by atoms with E-state index in [1.165, 1.54) is 10.5 Å². The van der Waals surface area contributed by atoms with Crippen molar-refractivity contribution < 1.29 is 12.9 Å². The fraction of sp³-hybridized carbons (Fsp3) is 0.556. The van der Waals surface area contributed by atoms with Crippen LogP contribution in [0, 0.1) is 0 Å². The van der Waals surface area contributed by atoms with Gasteiger partial charge in [-0.1, -0.05) is 5.16 Å². The lowest BCUT2D eigenvalue weighted by Gasteiger charge is -2.19. The third-order valence-corrected chi connectivity index (χ3v) is 7.11. The van der Waals surface area contributed by atoms with Crippen molar-refractivity contribution in [3.8, 4) is 0 Å². The van der Waals surface area contributed by atoms with Crippen molar-refractivity contribution in [1.29, 1.82) is 0 Å². The molecular formula is C18H25N5O3S. The molecule has 146 valence electrons. The number of nitrogens with one attached hydrogen (secondary N) is 2. The maximum Gasteiger partial charge on any atom is 0.243 e. The summed E-state index contributed by atoms with van der Waals surface area (Å²) in [4.78, 5) is 4.50. The van der Waals surface area contributed by atoms with Gasteiger partial charge in [-0.25, -0.2) is 13.4 Å². The minimum Gasteiger partial charge on any atom is -0.363 e. The summed E-state index contributed by atoms with van der Waals surface area (Å²) >= 11 is 0. The molecular weight excluding hydrogens is 366 g/mol. The molecule has 0 saturated carbocycles. The summed E-state index contributed by atoms with van der Waals surface area (Å²) in [6.07, 6.45) is 5.49. The van der Waals surface area contributed by atoms with Crippen LogP contribution >= 0.6 is 0 Å². The zero-order valence-electron chi connectivity index (χ0n) is 15.2. The van der Waals surface area contributed by atoms with Gasteiger partial charge in [-0.2, -0.15) is 4.31 Å². The number of nitrogens with zero attached hydrogens (tertiary/aromatic N) is 3. The molecule has 8 nitrogen and oxygen atoms in total. The van der Waals surface area contributed by atoms with E-state index in [0.29, 0.717) is 31.4 Å². The Balaban J connectivity index is 1.41. The number of sulfonamides is 1. The molecule has 0 bridgehead atoms. The quantitative estimate of drug-likeness (QED) is 0.776. The van der Waals surface area contributed by atoms with Gasteiger partial charge in [-0.3, -0.25) is 0 Å². The van der Waals surface area contributed by atoms with Crippen LogP contribution in [0.2, 0.25) is 0 Å². The van der Waals surface area contributed by atoms with Gasteiger partial charge in [0.2, 0.25) is 10.0 Å². The lowest BCUT2D eigenvalue weighted by molar-refractivity contribution is 0.365. The number of piperidine rings is 1. The molecule has 4 heterocycles. The summed E-state index contributed by atoms with van der Waals surface area (Å²) in [5, 5.41) is 10.7. The predicted molar refractivity (Wildman–Crippen MR) is 101 cm³/mol. The Kier molecular flexibility index (Phi) is 5.42. The number of pyridine rings is 1. The zero-order chi connectivity index (χ0) is 18.7. The summed E-state index contributed by atoms with van der Waals surface area (Å²) in [5.41, 5.74) is 0.992. The first-order valence-corrected chi connectivity index (χ1v) is 10.9. The second-order valence-electron chi connectivity index (χ2n) is 7.08. The van der Waals surface area contributed by atoms with Crippen LogP contribution in [0.5, 0.6) is 0 Å². The van der Waals surface area contributed by atoms with Crippen LogP contribution in [0.1, 0.15) is 43.1 Å². The summed E-state index contributed by atoms with van der Waals surface area (Å²) in [6, 6.07) is 5.11. The fourth-order valence-corrected chi connectivity index (χ4v) is 5.18. The molecule has 0 aliphatic carbocycles. The zero-order valence-corrected chi connectivity index (χ0v) is 16.0. The number of aromatic nitrogens is 2. The van der Waals surface area contributed by atoms with Gasteiger partial charge in [0.15, 0.2) is 5.76 Å². The van der Waals surface area contributed by atoms with E-state index < -0.39 is 10.0 Å². The Bertz CT molecular complexity index is 871. The van der Waals surface area contributed by atoms with Crippen LogP contribution < -0.4 is 10.6 Å². The molecule has 9 heteroatoms. The summed E-state index contributed by atoms with van der Waals surface area (Å²) in [7, 11) is -3.44. The number of hydrogen-bond donors (Lipinski definition) is 2. The molecule has 2 fully saturated rings. The van der Waals surface area contributed by atoms with Gasteiger partial charge in [-0.05, 0) is 44.8 Å². The van der Waals surface area contributed by atoms with E-state index >= 15 is 0 Å². The van der Waals surface area contributed by atoms with Crippen LogP contribution in [-0.4, -0.2) is 49.0 Å². The van der Waals surface area contributed by atoms with Gasteiger partial charge in [0.05, 0.1) is 17.1 Å². The van der Waals surface area contributed by atoms with E-state index in [0.717, 1.165) is 50.2 Å². The van der Waals surface area contributed by atoms with Gasteiger partial charge in [-0.15, -0.1) is 0 Å². The van der Waals surface area contributed by atoms with Crippen molar-refractivity contribution in [3.05, 3.63) is 35.9 Å². The van der Waals surface area contributed by atoms with Gasteiger partial charge in [0.1, 0.15) is 5.82 Å². The van der Waals surface area contributed by atoms with Crippen molar-refractivity contribution in [2.24, 2.45) is 0 Å². The molecule has 2 aromatic rings. The molecule has 0 unspecified atom stereocenters. The average molecular weight is 391 g/mol. The minimum atomic E-state index is -3.44. The molecule has 2 N–H and O–H groups in total. The molecule has 0 radical (unpaired) electrons. The van der Waals surface area contributed by atoms with Gasteiger partial charge >= 0.3 is 0 Å². The van der Waals surface area contributed by atoms with E-state index in [9.17, 15) is 8.42 Å². The molecule has 2 aromatic heterocycles. The second-order valence-corrected chi connectivity index (χ2v) is 9.02. The predicted octanol–water partition coefficient (Wildman–Crippen LogP) is 1.93. The maximum absolute atomic E-state index is 12.7. The third kappa shape index (κ3) is 4.15. The highest BCUT2D eigenvalue weighted by molar-refractivity contribution is 7.89. The Hall–Kier alpha value is -1.97. The number of anilines is 1. The minimum absolute atomic E-state index is 0.273. The molecule has 2 saturated heterocycles. The first kappa shape index (κ1) is 18.4. The van der Waals surface area contributed by atoms with Crippen molar-refractivity contribution in [3.63, 3.8) is 0 Å². The molecule has 4 rings (SSSR count). The lowest BCUT2D eigenvalue weighted by Crippen LogP contribution is -2.27. The van der Waals surface area contributed by atoms with E-state index in [1.807, 2.05) is 6.07 Å². The first-order chi connectivity index (χ1) is 13.1. The number of hydrogen-bond acceptors (Lipinski definition) is 7. The Morgan fingerprint density at radius 1 is 1.22 bits per heavy atom. The Labute approximate surface area is 159 Å². The van der Waals surface area contributed by atoms with Gasteiger partial charge in [0.25, 0.3) is 0 Å². The fourth-order valence-electron chi connectivity index (χ4n) is 3.65. The largest absolute Gasteiger partial charge is 0.363 e. The summed E-state index contributed by atoms with van der Waals surface area (Å²) in [6.45, 7) is 3.61. The maximum atomic E-state index is 12.7. The topological polar surface area (TPSA) is 100 Å². The van der Waals surface area contributed by atoms with Crippen LogP contribution in [0.25, 0.3) is 0 Å². The molecule has 0 spiro atoms. The summed E-state index contributed by atoms with van der Waals surface area (Å²) < 4.78 is 32.3. The van der Waals surface area contributed by atoms with Crippen molar-refractivity contribution in [1.82, 2.24) is 19.8 Å². The van der Waals surface area contributed by atoms with Gasteiger partial charge < -0.3 is 15.2 Å². The standard InChI is InChI=1S/C18H25N5O3S/c24-27(25,23-9-1-2-10-23)16-5-8-20-18(12-16)21-13-15-11-17(22-26-15)14-3-6-19-7-4-14/h5,8,11-12,14,19H,1-4,6-7,9-10,13H2,(H,20,21). The van der Waals surface area contributed by atoms with Crippen LogP contribution in [0.3, 0.4) is 0 Å². The molecule has 2 aliphatic heterocycles. The van der Waals surface area contributed by atoms with Crippen LogP contribution in [-0.2, 0) is 16.6 Å². The molecule has 2 aliphatic rings. The highest BCUT2D eigenvalue weighted by Gasteiger charge is 2.27. The molecule has 0 amide bonds. The number of rotatable bonds is 6. The highest BCUT2D eigenvalue weighted by Crippen LogP contribution is 2.25. The van der Waals surface area contributed by atoms with Crippen molar-refractivity contribution in [2.45, 2.75) is 43.0 Å². The normalized spacial score (nSPS) is 19.4. The molecule has 0 atom stereocenters. The van der Waals surface area contributed by atoms with Crippen molar-refractivity contribution in [2.75, 3.05) is 31.5 Å². The highest BCUT2D eigenvalue weighted by atomic mass is 32.2. The Morgan fingerprint density at radius 2 is 2.00 bits per heavy atom. The van der Waals surface area contributed by atoms with Gasteiger partial charge in [0, 0.05) is 37.3 Å². The lowest BCUT2D eigenvalue weighted by atomic mass is 9.95. The van der Waals surface area contributed by atoms with Crippen LogP contribution in [0.15, 0.2) is 33.8 Å².